The first kappa shape index (κ1) is 18.3. The average molecular weight is 371 g/mol. The molecule has 3 fully saturated rings. The Balaban J connectivity index is 1.34. The lowest BCUT2D eigenvalue weighted by molar-refractivity contribution is -0.149. The van der Waals surface area contributed by atoms with E-state index in [0.29, 0.717) is 25.4 Å². The van der Waals surface area contributed by atoms with E-state index >= 15 is 0 Å². The smallest absolute Gasteiger partial charge is 0.317 e. The molecular weight excluding hydrogens is 342 g/mol. The summed E-state index contributed by atoms with van der Waals surface area (Å²) in [5.74, 6) is -0.242. The molecular formula is C21H29N3O3. The zero-order valence-electron chi connectivity index (χ0n) is 15.9. The number of likely N-dealkylation sites (tertiary alicyclic amines) is 2. The summed E-state index contributed by atoms with van der Waals surface area (Å²) < 4.78 is 0. The number of fused-ring (bicyclic) bond motifs is 1. The Bertz CT molecular complexity index is 710. The monoisotopic (exact) mass is 371 g/mol. The van der Waals surface area contributed by atoms with E-state index in [1.165, 1.54) is 5.56 Å². The van der Waals surface area contributed by atoms with Crippen molar-refractivity contribution in [1.82, 2.24) is 15.1 Å². The highest BCUT2D eigenvalue weighted by Crippen LogP contribution is 2.48. The highest BCUT2D eigenvalue weighted by molar-refractivity contribution is 5.80. The Morgan fingerprint density at radius 3 is 2.70 bits per heavy atom. The Morgan fingerprint density at radius 2 is 2.00 bits per heavy atom. The van der Waals surface area contributed by atoms with Gasteiger partial charge in [-0.1, -0.05) is 43.7 Å². The van der Waals surface area contributed by atoms with E-state index in [9.17, 15) is 14.7 Å². The molecule has 1 aromatic carbocycles. The van der Waals surface area contributed by atoms with Crippen LogP contribution >= 0.6 is 0 Å². The van der Waals surface area contributed by atoms with Crippen molar-refractivity contribution in [1.29, 1.82) is 0 Å². The first-order valence-electron chi connectivity index (χ1n) is 10.0. The zero-order chi connectivity index (χ0) is 19.0. The Kier molecular flexibility index (Phi) is 4.84. The minimum absolute atomic E-state index is 0.0940. The second-order valence-electron chi connectivity index (χ2n) is 8.64. The molecule has 2 saturated heterocycles. The van der Waals surface area contributed by atoms with Crippen molar-refractivity contribution < 1.29 is 14.7 Å². The standard InChI is InChI=1S/C21H29N3O3/c1-15-10-23(11-16-6-3-2-4-7-16)13-18(15)22-20(27)24-12-17-8-5-9-21(17,14-24)19(25)26/h2-4,6-7,15,17-18H,5,8-14H2,1H3,(H,22,27)(H,25,26)/t15?,17-,18?,21+/m0/s1. The number of rotatable bonds is 4. The SMILES string of the molecule is CC1CN(Cc2ccccc2)CC1NC(=O)N1C[C@@H]2CCC[C@@]2(C(=O)O)C1. The molecule has 1 aromatic rings. The van der Waals surface area contributed by atoms with Crippen molar-refractivity contribution in [2.45, 2.75) is 38.8 Å². The molecule has 1 saturated carbocycles. The van der Waals surface area contributed by atoms with E-state index in [0.717, 1.165) is 32.5 Å². The topological polar surface area (TPSA) is 72.9 Å². The summed E-state index contributed by atoms with van der Waals surface area (Å²) in [5, 5.41) is 12.9. The van der Waals surface area contributed by atoms with E-state index in [-0.39, 0.29) is 18.0 Å². The number of nitrogens with one attached hydrogen (secondary N) is 1. The highest BCUT2D eigenvalue weighted by Gasteiger charge is 2.56. The van der Waals surface area contributed by atoms with Crippen LogP contribution in [0.1, 0.15) is 31.7 Å². The van der Waals surface area contributed by atoms with Crippen molar-refractivity contribution in [2.24, 2.45) is 17.3 Å². The maximum absolute atomic E-state index is 12.8. The van der Waals surface area contributed by atoms with Gasteiger partial charge in [0.25, 0.3) is 0 Å². The number of hydrogen-bond acceptors (Lipinski definition) is 3. The molecule has 4 rings (SSSR count). The number of benzene rings is 1. The molecule has 6 nitrogen and oxygen atoms in total. The fourth-order valence-corrected chi connectivity index (χ4v) is 5.27. The van der Waals surface area contributed by atoms with Crippen molar-refractivity contribution in [2.75, 3.05) is 26.2 Å². The summed E-state index contributed by atoms with van der Waals surface area (Å²) in [7, 11) is 0. The number of nitrogens with zero attached hydrogens (tertiary/aromatic N) is 2. The average Bonchev–Trinajstić information content (AvgIpc) is 3.29. The molecule has 2 unspecified atom stereocenters. The van der Waals surface area contributed by atoms with Crippen molar-refractivity contribution in [3.05, 3.63) is 35.9 Å². The van der Waals surface area contributed by atoms with Crippen molar-refractivity contribution in [3.8, 4) is 0 Å². The first-order chi connectivity index (χ1) is 13.0. The quantitative estimate of drug-likeness (QED) is 0.852. The normalized spacial score (nSPS) is 33.2. The van der Waals surface area contributed by atoms with E-state index < -0.39 is 11.4 Å². The number of urea groups is 1. The maximum Gasteiger partial charge on any atom is 0.317 e. The molecule has 27 heavy (non-hydrogen) atoms. The maximum atomic E-state index is 12.8. The summed E-state index contributed by atoms with van der Waals surface area (Å²) in [5.41, 5.74) is 0.574. The molecule has 4 atom stereocenters. The lowest BCUT2D eigenvalue weighted by Gasteiger charge is -2.25. The second kappa shape index (κ2) is 7.15. The third-order valence-corrected chi connectivity index (χ3v) is 6.83. The largest absolute Gasteiger partial charge is 0.481 e. The molecule has 3 aliphatic rings. The van der Waals surface area contributed by atoms with Gasteiger partial charge in [-0.05, 0) is 30.2 Å². The molecule has 2 aliphatic heterocycles. The fraction of sp³-hybridized carbons (Fsp3) is 0.619. The molecule has 2 N–H and O–H groups in total. The van der Waals surface area contributed by atoms with Crippen LogP contribution in [0.25, 0.3) is 0 Å². The molecule has 146 valence electrons. The third kappa shape index (κ3) is 3.43. The molecule has 2 amide bonds. The van der Waals surface area contributed by atoms with E-state index in [1.54, 1.807) is 4.90 Å². The number of aliphatic carboxylic acids is 1. The number of amides is 2. The van der Waals surface area contributed by atoms with Crippen LogP contribution in [0.4, 0.5) is 4.79 Å². The van der Waals surface area contributed by atoms with Gasteiger partial charge in [0.05, 0.1) is 5.41 Å². The van der Waals surface area contributed by atoms with Crippen molar-refractivity contribution >= 4 is 12.0 Å². The van der Waals surface area contributed by atoms with Gasteiger partial charge in [-0.25, -0.2) is 4.79 Å². The van der Waals surface area contributed by atoms with Crippen LogP contribution in [0.15, 0.2) is 30.3 Å². The number of hydrogen-bond donors (Lipinski definition) is 2. The van der Waals surface area contributed by atoms with Crippen LogP contribution in [0.3, 0.4) is 0 Å². The molecule has 1 aliphatic carbocycles. The van der Waals surface area contributed by atoms with E-state index in [1.807, 2.05) is 6.07 Å². The summed E-state index contributed by atoms with van der Waals surface area (Å²) >= 11 is 0. The van der Waals surface area contributed by atoms with Crippen LogP contribution in [0.2, 0.25) is 0 Å². The molecule has 0 radical (unpaired) electrons. The van der Waals surface area contributed by atoms with Gasteiger partial charge in [0, 0.05) is 38.8 Å². The van der Waals surface area contributed by atoms with Gasteiger partial charge in [-0.15, -0.1) is 0 Å². The molecule has 0 aromatic heterocycles. The van der Waals surface area contributed by atoms with Crippen LogP contribution in [-0.4, -0.2) is 59.1 Å². The summed E-state index contributed by atoms with van der Waals surface area (Å²) in [6, 6.07) is 10.4. The van der Waals surface area contributed by atoms with Gasteiger partial charge >= 0.3 is 12.0 Å². The number of carboxylic acid groups (broad SMARTS) is 1. The van der Waals surface area contributed by atoms with Crippen molar-refractivity contribution in [3.63, 3.8) is 0 Å². The van der Waals surface area contributed by atoms with Crippen LogP contribution in [-0.2, 0) is 11.3 Å². The van der Waals surface area contributed by atoms with Gasteiger partial charge in [0.15, 0.2) is 0 Å². The van der Waals surface area contributed by atoms with Gasteiger partial charge in [0.1, 0.15) is 0 Å². The number of carboxylic acids is 1. The summed E-state index contributed by atoms with van der Waals surface area (Å²) in [6.07, 6.45) is 2.57. The van der Waals surface area contributed by atoms with E-state index in [2.05, 4.69) is 41.4 Å². The Morgan fingerprint density at radius 1 is 1.22 bits per heavy atom. The van der Waals surface area contributed by atoms with Gasteiger partial charge in [-0.3, -0.25) is 9.69 Å². The third-order valence-electron chi connectivity index (χ3n) is 6.83. The Hall–Kier alpha value is -2.08. The highest BCUT2D eigenvalue weighted by atomic mass is 16.4. The van der Waals surface area contributed by atoms with E-state index in [4.69, 9.17) is 0 Å². The fourth-order valence-electron chi connectivity index (χ4n) is 5.27. The predicted molar refractivity (Wildman–Crippen MR) is 102 cm³/mol. The minimum Gasteiger partial charge on any atom is -0.481 e. The van der Waals surface area contributed by atoms with Gasteiger partial charge < -0.3 is 15.3 Å². The lowest BCUT2D eigenvalue weighted by atomic mass is 9.81. The zero-order valence-corrected chi connectivity index (χ0v) is 15.9. The van der Waals surface area contributed by atoms with Gasteiger partial charge in [-0.2, -0.15) is 0 Å². The summed E-state index contributed by atoms with van der Waals surface area (Å²) in [6.45, 7) is 5.80. The predicted octanol–water partition coefficient (Wildman–Crippen LogP) is 2.40. The molecule has 0 bridgehead atoms. The lowest BCUT2D eigenvalue weighted by Crippen LogP contribution is -2.47. The minimum atomic E-state index is -0.733. The van der Waals surface area contributed by atoms with Crippen LogP contribution in [0.5, 0.6) is 0 Å². The van der Waals surface area contributed by atoms with Crippen LogP contribution < -0.4 is 5.32 Å². The van der Waals surface area contributed by atoms with Gasteiger partial charge in [0.2, 0.25) is 0 Å². The number of carbonyl (C=O) groups is 2. The molecule has 0 spiro atoms. The first-order valence-corrected chi connectivity index (χ1v) is 10.0. The summed E-state index contributed by atoms with van der Waals surface area (Å²) in [4.78, 5) is 28.8. The molecule has 6 heteroatoms. The molecule has 2 heterocycles. The Labute approximate surface area is 160 Å². The number of carbonyl (C=O) groups excluding carboxylic acids is 1. The second-order valence-corrected chi connectivity index (χ2v) is 8.64. The van der Waals surface area contributed by atoms with Crippen LogP contribution in [0, 0.1) is 17.3 Å².